The van der Waals surface area contributed by atoms with Crippen LogP contribution in [0, 0.1) is 0 Å². The van der Waals surface area contributed by atoms with Crippen molar-refractivity contribution in [3.8, 4) is 5.75 Å². The Bertz CT molecular complexity index is 347. The van der Waals surface area contributed by atoms with Gasteiger partial charge in [-0.2, -0.15) is 0 Å². The van der Waals surface area contributed by atoms with Crippen LogP contribution in [0.1, 0.15) is 32.3 Å². The van der Waals surface area contributed by atoms with Crippen LogP contribution in [-0.2, 0) is 6.42 Å². The van der Waals surface area contributed by atoms with E-state index in [4.69, 9.17) is 10.5 Å². The van der Waals surface area contributed by atoms with Crippen molar-refractivity contribution < 1.29 is 4.74 Å². The first-order valence-corrected chi connectivity index (χ1v) is 5.83. The van der Waals surface area contributed by atoms with E-state index in [-0.39, 0.29) is 6.10 Å². The Morgan fingerprint density at radius 1 is 1.50 bits per heavy atom. The lowest BCUT2D eigenvalue weighted by molar-refractivity contribution is 0.208. The van der Waals surface area contributed by atoms with Crippen molar-refractivity contribution in [1.82, 2.24) is 0 Å². The Labute approximate surface area is 98.1 Å². The second-order valence-electron chi connectivity index (χ2n) is 4.08. The molecule has 2 heteroatoms. The van der Waals surface area contributed by atoms with Crippen molar-refractivity contribution in [1.29, 1.82) is 0 Å². The summed E-state index contributed by atoms with van der Waals surface area (Å²) in [6, 6.07) is 5.77. The van der Waals surface area contributed by atoms with E-state index in [1.165, 1.54) is 0 Å². The van der Waals surface area contributed by atoms with Gasteiger partial charge in [0.25, 0.3) is 0 Å². The topological polar surface area (TPSA) is 35.2 Å². The van der Waals surface area contributed by atoms with Crippen molar-refractivity contribution in [2.45, 2.75) is 39.2 Å². The molecule has 0 fully saturated rings. The monoisotopic (exact) mass is 219 g/mol. The van der Waals surface area contributed by atoms with E-state index in [2.05, 4.69) is 20.4 Å². The Balaban J connectivity index is 2.81. The number of anilines is 1. The highest BCUT2D eigenvalue weighted by Crippen LogP contribution is 2.24. The molecule has 1 unspecified atom stereocenters. The molecule has 0 aromatic heterocycles. The zero-order valence-corrected chi connectivity index (χ0v) is 10.2. The van der Waals surface area contributed by atoms with E-state index >= 15 is 0 Å². The number of benzene rings is 1. The minimum atomic E-state index is 0.247. The van der Waals surface area contributed by atoms with Crippen molar-refractivity contribution in [3.05, 3.63) is 36.4 Å². The first-order chi connectivity index (χ1) is 7.67. The third-order valence-corrected chi connectivity index (χ3v) is 2.47. The number of ether oxygens (including phenoxy) is 1. The van der Waals surface area contributed by atoms with E-state index in [0.29, 0.717) is 0 Å². The van der Waals surface area contributed by atoms with Gasteiger partial charge in [0.1, 0.15) is 5.75 Å². The maximum Gasteiger partial charge on any atom is 0.123 e. The van der Waals surface area contributed by atoms with E-state index < -0.39 is 0 Å². The van der Waals surface area contributed by atoms with Crippen LogP contribution < -0.4 is 10.5 Å². The third-order valence-electron chi connectivity index (χ3n) is 2.47. The van der Waals surface area contributed by atoms with Crippen LogP contribution in [-0.4, -0.2) is 6.10 Å². The van der Waals surface area contributed by atoms with E-state index in [0.717, 1.165) is 36.3 Å². The summed E-state index contributed by atoms with van der Waals surface area (Å²) < 4.78 is 5.89. The van der Waals surface area contributed by atoms with Gasteiger partial charge in [-0.3, -0.25) is 0 Å². The number of nitrogens with two attached hydrogens (primary N) is 1. The molecule has 0 aliphatic rings. The van der Waals surface area contributed by atoms with Crippen molar-refractivity contribution >= 4 is 5.69 Å². The van der Waals surface area contributed by atoms with E-state index in [1.807, 2.05) is 24.3 Å². The molecule has 2 N–H and O–H groups in total. The normalized spacial score (nSPS) is 12.1. The fraction of sp³-hybridized carbons (Fsp3) is 0.429. The molecule has 0 amide bonds. The molecular formula is C14H21NO. The fourth-order valence-corrected chi connectivity index (χ4v) is 1.71. The summed E-state index contributed by atoms with van der Waals surface area (Å²) in [6.07, 6.45) is 5.10. The summed E-state index contributed by atoms with van der Waals surface area (Å²) in [5.74, 6) is 0.926. The summed E-state index contributed by atoms with van der Waals surface area (Å²) in [7, 11) is 0. The molecule has 0 spiro atoms. The quantitative estimate of drug-likeness (QED) is 0.586. The summed E-state index contributed by atoms with van der Waals surface area (Å²) in [6.45, 7) is 8.00. The number of hydrogen-bond donors (Lipinski definition) is 1. The summed E-state index contributed by atoms with van der Waals surface area (Å²) >= 11 is 0. The molecule has 0 saturated heterocycles. The van der Waals surface area contributed by atoms with Crippen LogP contribution in [0.3, 0.4) is 0 Å². The second-order valence-corrected chi connectivity index (χ2v) is 4.08. The van der Waals surface area contributed by atoms with Gasteiger partial charge in [-0.25, -0.2) is 0 Å². The molecule has 1 aromatic rings. The predicted octanol–water partition coefficient (Wildman–Crippen LogP) is 3.56. The van der Waals surface area contributed by atoms with E-state index in [9.17, 15) is 0 Å². The van der Waals surface area contributed by atoms with Crippen molar-refractivity contribution in [2.75, 3.05) is 5.73 Å². The third kappa shape index (κ3) is 3.61. The molecule has 1 rings (SSSR count). The Hall–Kier alpha value is -1.44. The van der Waals surface area contributed by atoms with Gasteiger partial charge < -0.3 is 10.5 Å². The smallest absolute Gasteiger partial charge is 0.123 e. The second kappa shape index (κ2) is 6.21. The maximum atomic E-state index is 5.89. The SMILES string of the molecule is C=CCc1cc(N)ccc1OC(C)CCC. The molecule has 0 bridgehead atoms. The van der Waals surface area contributed by atoms with Crippen LogP contribution >= 0.6 is 0 Å². The molecular weight excluding hydrogens is 198 g/mol. The molecule has 88 valence electrons. The lowest BCUT2D eigenvalue weighted by Gasteiger charge is -2.16. The van der Waals surface area contributed by atoms with Gasteiger partial charge in [0.15, 0.2) is 0 Å². The van der Waals surface area contributed by atoms with Crippen molar-refractivity contribution in [3.63, 3.8) is 0 Å². The Morgan fingerprint density at radius 2 is 2.25 bits per heavy atom. The number of nitrogen functional groups attached to an aromatic ring is 1. The van der Waals surface area contributed by atoms with Gasteiger partial charge in [0, 0.05) is 5.69 Å². The number of allylic oxidation sites excluding steroid dienone is 1. The highest BCUT2D eigenvalue weighted by molar-refractivity contribution is 5.48. The van der Waals surface area contributed by atoms with Gasteiger partial charge in [0.2, 0.25) is 0 Å². The summed E-state index contributed by atoms with van der Waals surface area (Å²) in [5, 5.41) is 0. The zero-order valence-electron chi connectivity index (χ0n) is 10.2. The summed E-state index contributed by atoms with van der Waals surface area (Å²) in [4.78, 5) is 0. The standard InChI is InChI=1S/C14H21NO/c1-4-6-11(3)16-14-9-8-13(15)10-12(14)7-5-2/h5,8-11H,2,4,6-7,15H2,1,3H3. The van der Waals surface area contributed by atoms with Gasteiger partial charge in [-0.15, -0.1) is 6.58 Å². The minimum Gasteiger partial charge on any atom is -0.490 e. The average Bonchev–Trinajstić information content (AvgIpc) is 2.23. The van der Waals surface area contributed by atoms with Gasteiger partial charge in [-0.1, -0.05) is 19.4 Å². The lowest BCUT2D eigenvalue weighted by atomic mass is 10.1. The maximum absolute atomic E-state index is 5.89. The van der Waals surface area contributed by atoms with Gasteiger partial charge >= 0.3 is 0 Å². The van der Waals surface area contributed by atoms with Crippen LogP contribution in [0.25, 0.3) is 0 Å². The molecule has 1 aromatic carbocycles. The summed E-state index contributed by atoms with van der Waals surface area (Å²) in [5.41, 5.74) is 7.64. The minimum absolute atomic E-state index is 0.247. The largest absolute Gasteiger partial charge is 0.490 e. The molecule has 1 atom stereocenters. The first kappa shape index (κ1) is 12.6. The average molecular weight is 219 g/mol. The van der Waals surface area contributed by atoms with Gasteiger partial charge in [0.05, 0.1) is 6.10 Å². The molecule has 0 aliphatic heterocycles. The molecule has 0 heterocycles. The Kier molecular flexibility index (Phi) is 4.90. The van der Waals surface area contributed by atoms with Crippen LogP contribution in [0.5, 0.6) is 5.75 Å². The fourth-order valence-electron chi connectivity index (χ4n) is 1.71. The molecule has 2 nitrogen and oxygen atoms in total. The molecule has 0 aliphatic carbocycles. The number of rotatable bonds is 6. The molecule has 0 saturated carbocycles. The Morgan fingerprint density at radius 3 is 2.88 bits per heavy atom. The van der Waals surface area contributed by atoms with Crippen molar-refractivity contribution in [2.24, 2.45) is 0 Å². The highest BCUT2D eigenvalue weighted by Gasteiger charge is 2.07. The van der Waals surface area contributed by atoms with Gasteiger partial charge in [-0.05, 0) is 43.5 Å². The van der Waals surface area contributed by atoms with Crippen LogP contribution in [0.2, 0.25) is 0 Å². The zero-order chi connectivity index (χ0) is 12.0. The highest BCUT2D eigenvalue weighted by atomic mass is 16.5. The molecule has 0 radical (unpaired) electrons. The van der Waals surface area contributed by atoms with Crippen LogP contribution in [0.15, 0.2) is 30.9 Å². The lowest BCUT2D eigenvalue weighted by Crippen LogP contribution is -2.12. The van der Waals surface area contributed by atoms with E-state index in [1.54, 1.807) is 0 Å². The first-order valence-electron chi connectivity index (χ1n) is 5.83. The molecule has 16 heavy (non-hydrogen) atoms. The van der Waals surface area contributed by atoms with Crippen LogP contribution in [0.4, 0.5) is 5.69 Å². The predicted molar refractivity (Wildman–Crippen MR) is 69.8 cm³/mol. The number of hydrogen-bond acceptors (Lipinski definition) is 2.